The zero-order valence-electron chi connectivity index (χ0n) is 15.9. The summed E-state index contributed by atoms with van der Waals surface area (Å²) in [5.41, 5.74) is 2.76. The second-order valence-corrected chi connectivity index (χ2v) is 7.69. The highest BCUT2D eigenvalue weighted by molar-refractivity contribution is 5.95. The maximum absolute atomic E-state index is 12.8. The number of carbonyl (C=O) groups is 2. The van der Waals surface area contributed by atoms with Gasteiger partial charge in [0.2, 0.25) is 0 Å². The zero-order chi connectivity index (χ0) is 20.0. The molecule has 2 amide bonds. The number of hydrogen-bond acceptors (Lipinski definition) is 5. The highest BCUT2D eigenvalue weighted by atomic mass is 16.3. The molecule has 5 rings (SSSR count). The third-order valence-corrected chi connectivity index (χ3v) is 5.71. The van der Waals surface area contributed by atoms with Crippen LogP contribution in [-0.4, -0.2) is 63.5 Å². The van der Waals surface area contributed by atoms with E-state index < -0.39 is 5.60 Å². The van der Waals surface area contributed by atoms with Crippen LogP contribution < -0.4 is 0 Å². The van der Waals surface area contributed by atoms with Crippen molar-refractivity contribution in [2.45, 2.75) is 18.4 Å². The largest absolute Gasteiger partial charge is 0.463 e. The van der Waals surface area contributed by atoms with Crippen molar-refractivity contribution in [1.29, 1.82) is 0 Å². The first-order valence-electron chi connectivity index (χ1n) is 9.79. The molecule has 0 unspecified atom stereocenters. The third kappa shape index (κ3) is 3.27. The van der Waals surface area contributed by atoms with E-state index in [4.69, 9.17) is 4.42 Å². The number of nitrogens with zero attached hydrogens (tertiary/aromatic N) is 3. The van der Waals surface area contributed by atoms with Gasteiger partial charge in [-0.15, -0.1) is 0 Å². The smallest absolute Gasteiger partial charge is 0.254 e. The SMILES string of the molecule is O=C(c1ccc(-c2ccc3occc3n2)cc1)N1CCN(C(=O)C2(O)CC2)CC1. The van der Waals surface area contributed by atoms with E-state index in [9.17, 15) is 14.7 Å². The van der Waals surface area contributed by atoms with Crippen molar-refractivity contribution in [3.63, 3.8) is 0 Å². The molecular formula is C22H21N3O4. The maximum Gasteiger partial charge on any atom is 0.254 e. The molecule has 0 bridgehead atoms. The fraction of sp³-hybridized carbons (Fsp3) is 0.318. The molecule has 1 aromatic carbocycles. The monoisotopic (exact) mass is 391 g/mol. The average Bonchev–Trinajstić information content (AvgIpc) is 3.34. The fourth-order valence-electron chi connectivity index (χ4n) is 3.72. The Hall–Kier alpha value is -3.19. The number of carbonyl (C=O) groups excluding carboxylic acids is 2. The molecular weight excluding hydrogens is 370 g/mol. The Kier molecular flexibility index (Phi) is 4.13. The van der Waals surface area contributed by atoms with Gasteiger partial charge in [-0.05, 0) is 37.1 Å². The third-order valence-electron chi connectivity index (χ3n) is 5.71. The molecule has 2 aliphatic rings. The molecule has 2 aromatic heterocycles. The fourth-order valence-corrected chi connectivity index (χ4v) is 3.72. The van der Waals surface area contributed by atoms with E-state index >= 15 is 0 Å². The summed E-state index contributed by atoms with van der Waals surface area (Å²) in [6.07, 6.45) is 2.70. The molecule has 1 aliphatic carbocycles. The van der Waals surface area contributed by atoms with Crippen molar-refractivity contribution < 1.29 is 19.1 Å². The molecule has 7 heteroatoms. The summed E-state index contributed by atoms with van der Waals surface area (Å²) in [7, 11) is 0. The second kappa shape index (κ2) is 6.70. The summed E-state index contributed by atoms with van der Waals surface area (Å²) in [5.74, 6) is -0.247. The molecule has 0 atom stereocenters. The van der Waals surface area contributed by atoms with E-state index in [2.05, 4.69) is 4.98 Å². The van der Waals surface area contributed by atoms with Crippen molar-refractivity contribution in [3.8, 4) is 11.3 Å². The van der Waals surface area contributed by atoms with Gasteiger partial charge in [0.25, 0.3) is 11.8 Å². The molecule has 2 fully saturated rings. The number of pyridine rings is 1. The van der Waals surface area contributed by atoms with Crippen LogP contribution in [-0.2, 0) is 4.79 Å². The van der Waals surface area contributed by atoms with Crippen LogP contribution in [0.15, 0.2) is 53.1 Å². The lowest BCUT2D eigenvalue weighted by Gasteiger charge is -2.35. The van der Waals surface area contributed by atoms with Crippen molar-refractivity contribution in [2.24, 2.45) is 0 Å². The number of amides is 2. The maximum atomic E-state index is 12.8. The number of aromatic nitrogens is 1. The van der Waals surface area contributed by atoms with Gasteiger partial charge >= 0.3 is 0 Å². The molecule has 1 aliphatic heterocycles. The van der Waals surface area contributed by atoms with Gasteiger partial charge in [0.05, 0.1) is 12.0 Å². The Morgan fingerprint density at radius 1 is 0.931 bits per heavy atom. The minimum absolute atomic E-state index is 0.0490. The van der Waals surface area contributed by atoms with E-state index in [-0.39, 0.29) is 11.8 Å². The van der Waals surface area contributed by atoms with E-state index in [0.29, 0.717) is 44.6 Å². The van der Waals surface area contributed by atoms with Gasteiger partial charge in [0, 0.05) is 43.4 Å². The van der Waals surface area contributed by atoms with Crippen molar-refractivity contribution in [3.05, 3.63) is 54.3 Å². The van der Waals surface area contributed by atoms with Crippen LogP contribution in [0.5, 0.6) is 0 Å². The number of piperazine rings is 1. The molecule has 3 heterocycles. The van der Waals surface area contributed by atoms with Gasteiger partial charge in [0.1, 0.15) is 11.1 Å². The summed E-state index contributed by atoms with van der Waals surface area (Å²) in [5, 5.41) is 9.99. The number of benzene rings is 1. The van der Waals surface area contributed by atoms with Crippen LogP contribution in [0, 0.1) is 0 Å². The normalized spacial score (nSPS) is 18.1. The molecule has 1 saturated heterocycles. The molecule has 7 nitrogen and oxygen atoms in total. The molecule has 1 N–H and O–H groups in total. The Morgan fingerprint density at radius 3 is 2.31 bits per heavy atom. The van der Waals surface area contributed by atoms with E-state index in [1.807, 2.05) is 42.5 Å². The number of rotatable bonds is 3. The van der Waals surface area contributed by atoms with Crippen LogP contribution in [0.2, 0.25) is 0 Å². The number of fused-ring (bicyclic) bond motifs is 1. The Labute approximate surface area is 167 Å². The van der Waals surface area contributed by atoms with Gasteiger partial charge in [0.15, 0.2) is 5.58 Å². The van der Waals surface area contributed by atoms with Gasteiger partial charge in [-0.1, -0.05) is 12.1 Å². The summed E-state index contributed by atoms with van der Waals surface area (Å²) in [6.45, 7) is 1.86. The number of furan rings is 1. The van der Waals surface area contributed by atoms with E-state index in [0.717, 1.165) is 22.4 Å². The first kappa shape index (κ1) is 17.9. The van der Waals surface area contributed by atoms with Gasteiger partial charge in [-0.3, -0.25) is 9.59 Å². The van der Waals surface area contributed by atoms with Gasteiger partial charge in [-0.25, -0.2) is 4.98 Å². The summed E-state index contributed by atoms with van der Waals surface area (Å²) in [4.78, 5) is 33.0. The Bertz CT molecular complexity index is 1080. The van der Waals surface area contributed by atoms with Crippen molar-refractivity contribution in [1.82, 2.24) is 14.8 Å². The van der Waals surface area contributed by atoms with E-state index in [1.54, 1.807) is 16.1 Å². The molecule has 3 aromatic rings. The van der Waals surface area contributed by atoms with Gasteiger partial charge < -0.3 is 19.3 Å². The predicted octanol–water partition coefficient (Wildman–Crippen LogP) is 2.30. The van der Waals surface area contributed by atoms with Gasteiger partial charge in [-0.2, -0.15) is 0 Å². The predicted molar refractivity (Wildman–Crippen MR) is 106 cm³/mol. The van der Waals surface area contributed by atoms with Crippen molar-refractivity contribution >= 4 is 22.9 Å². The lowest BCUT2D eigenvalue weighted by molar-refractivity contribution is -0.143. The van der Waals surface area contributed by atoms with Crippen LogP contribution >= 0.6 is 0 Å². The minimum Gasteiger partial charge on any atom is -0.463 e. The molecule has 0 radical (unpaired) electrons. The molecule has 0 spiro atoms. The van der Waals surface area contributed by atoms with Crippen LogP contribution in [0.4, 0.5) is 0 Å². The second-order valence-electron chi connectivity index (χ2n) is 7.69. The first-order valence-corrected chi connectivity index (χ1v) is 9.79. The number of aliphatic hydroxyl groups is 1. The molecule has 148 valence electrons. The Morgan fingerprint density at radius 2 is 1.62 bits per heavy atom. The number of hydrogen-bond donors (Lipinski definition) is 1. The topological polar surface area (TPSA) is 86.9 Å². The summed E-state index contributed by atoms with van der Waals surface area (Å²) < 4.78 is 5.32. The summed E-state index contributed by atoms with van der Waals surface area (Å²) in [6, 6.07) is 13.0. The van der Waals surface area contributed by atoms with Crippen LogP contribution in [0.1, 0.15) is 23.2 Å². The molecule has 29 heavy (non-hydrogen) atoms. The quantitative estimate of drug-likeness (QED) is 0.740. The lowest BCUT2D eigenvalue weighted by Crippen LogP contribution is -2.53. The summed E-state index contributed by atoms with van der Waals surface area (Å²) >= 11 is 0. The van der Waals surface area contributed by atoms with Crippen molar-refractivity contribution in [2.75, 3.05) is 26.2 Å². The zero-order valence-corrected chi connectivity index (χ0v) is 15.9. The highest BCUT2D eigenvalue weighted by Gasteiger charge is 2.50. The first-order chi connectivity index (χ1) is 14.0. The Balaban J connectivity index is 1.25. The lowest BCUT2D eigenvalue weighted by atomic mass is 10.1. The van der Waals surface area contributed by atoms with Crippen LogP contribution in [0.3, 0.4) is 0 Å². The van der Waals surface area contributed by atoms with E-state index in [1.165, 1.54) is 0 Å². The molecule has 1 saturated carbocycles. The minimum atomic E-state index is -1.14. The standard InChI is InChI=1S/C22H21N3O4/c26-20(24-10-12-25(13-11-24)21(27)22(28)8-9-22)16-3-1-15(2-4-16)17-5-6-19-18(23-17)7-14-29-19/h1-7,14,28H,8-13H2. The highest BCUT2D eigenvalue weighted by Crippen LogP contribution is 2.37. The average molecular weight is 391 g/mol. The van der Waals surface area contributed by atoms with Crippen LogP contribution in [0.25, 0.3) is 22.4 Å².